The van der Waals surface area contributed by atoms with E-state index in [2.05, 4.69) is 49.7 Å². The topological polar surface area (TPSA) is 42.9 Å². The van der Waals surface area contributed by atoms with Crippen LogP contribution in [0, 0.1) is 0 Å². The fourth-order valence-electron chi connectivity index (χ4n) is 5.15. The van der Waals surface area contributed by atoms with Gasteiger partial charge in [-0.3, -0.25) is 14.8 Å². The zero-order valence-corrected chi connectivity index (χ0v) is 20.2. The van der Waals surface area contributed by atoms with Crippen LogP contribution in [0.5, 0.6) is 0 Å². The van der Waals surface area contributed by atoms with Crippen LogP contribution in [0.15, 0.2) is 29.3 Å². The molecule has 2 fully saturated rings. The lowest BCUT2D eigenvalue weighted by Crippen LogP contribution is -2.45. The Kier molecular flexibility index (Phi) is 9.06. The minimum atomic E-state index is 0. The number of nitrogens with zero attached hydrogens (tertiary/aromatic N) is 3. The first-order valence-electron chi connectivity index (χ1n) is 11.3. The van der Waals surface area contributed by atoms with Crippen LogP contribution >= 0.6 is 24.0 Å². The molecule has 1 aromatic rings. The third-order valence-electron chi connectivity index (χ3n) is 6.78. The Balaban J connectivity index is 0.00000240. The molecule has 0 bridgehead atoms. The second-order valence-corrected chi connectivity index (χ2v) is 8.71. The number of guanidine groups is 1. The van der Waals surface area contributed by atoms with E-state index in [1.54, 1.807) is 0 Å². The minimum absolute atomic E-state index is 0. The van der Waals surface area contributed by atoms with Crippen LogP contribution in [-0.4, -0.2) is 67.6 Å². The SMILES string of the molecule is CN=C(NCCCN1CCc2ccccc2C1)NC1CCN(C2CCCC2)C1.I. The molecule has 5 nitrogen and oxygen atoms in total. The van der Waals surface area contributed by atoms with Gasteiger partial charge in [0.25, 0.3) is 0 Å². The van der Waals surface area contributed by atoms with E-state index >= 15 is 0 Å². The van der Waals surface area contributed by atoms with Gasteiger partial charge in [0, 0.05) is 58.4 Å². The highest BCUT2D eigenvalue weighted by atomic mass is 127. The van der Waals surface area contributed by atoms with Crippen LogP contribution in [0.4, 0.5) is 0 Å². The third-order valence-corrected chi connectivity index (χ3v) is 6.78. The van der Waals surface area contributed by atoms with Crippen molar-refractivity contribution in [3.05, 3.63) is 35.4 Å². The number of rotatable bonds is 6. The standard InChI is InChI=1S/C23H37N5.HI/c1-24-23(26-21-12-16-28(18-21)22-9-4-5-10-22)25-13-6-14-27-15-11-19-7-2-3-8-20(19)17-27;/h2-3,7-8,21-22H,4-6,9-18H2,1H3,(H2,24,25,26);1H. The van der Waals surface area contributed by atoms with Gasteiger partial charge in [0.2, 0.25) is 0 Å². The van der Waals surface area contributed by atoms with E-state index in [9.17, 15) is 0 Å². The molecule has 1 aromatic carbocycles. The second kappa shape index (κ2) is 11.5. The van der Waals surface area contributed by atoms with Crippen LogP contribution in [0.2, 0.25) is 0 Å². The van der Waals surface area contributed by atoms with E-state index < -0.39 is 0 Å². The minimum Gasteiger partial charge on any atom is -0.356 e. The van der Waals surface area contributed by atoms with Crippen LogP contribution in [0.1, 0.15) is 49.7 Å². The van der Waals surface area contributed by atoms with Crippen LogP contribution in [0.25, 0.3) is 0 Å². The molecule has 0 radical (unpaired) electrons. The summed E-state index contributed by atoms with van der Waals surface area (Å²) in [5, 5.41) is 7.19. The van der Waals surface area contributed by atoms with Crippen molar-refractivity contribution >= 4 is 29.9 Å². The molecule has 1 atom stereocenters. The van der Waals surface area contributed by atoms with Crippen molar-refractivity contribution in [3.63, 3.8) is 0 Å². The van der Waals surface area contributed by atoms with Gasteiger partial charge in [0.1, 0.15) is 0 Å². The lowest BCUT2D eigenvalue weighted by Gasteiger charge is -2.28. The van der Waals surface area contributed by atoms with E-state index in [4.69, 9.17) is 0 Å². The van der Waals surface area contributed by atoms with Gasteiger partial charge in [-0.2, -0.15) is 0 Å². The van der Waals surface area contributed by atoms with E-state index in [-0.39, 0.29) is 24.0 Å². The number of likely N-dealkylation sites (tertiary alicyclic amines) is 1. The quantitative estimate of drug-likeness (QED) is 0.267. The van der Waals surface area contributed by atoms with Gasteiger partial charge in [0.15, 0.2) is 5.96 Å². The fourth-order valence-corrected chi connectivity index (χ4v) is 5.15. The van der Waals surface area contributed by atoms with Crippen LogP contribution in [-0.2, 0) is 13.0 Å². The molecule has 0 amide bonds. The Labute approximate surface area is 193 Å². The summed E-state index contributed by atoms with van der Waals surface area (Å²) < 4.78 is 0. The van der Waals surface area contributed by atoms with Crippen molar-refractivity contribution in [2.24, 2.45) is 4.99 Å². The lowest BCUT2D eigenvalue weighted by molar-refractivity contribution is 0.242. The van der Waals surface area contributed by atoms with Crippen LogP contribution in [0.3, 0.4) is 0 Å². The summed E-state index contributed by atoms with van der Waals surface area (Å²) in [4.78, 5) is 9.73. The number of hydrogen-bond acceptors (Lipinski definition) is 3. The van der Waals surface area contributed by atoms with E-state index in [0.29, 0.717) is 6.04 Å². The summed E-state index contributed by atoms with van der Waals surface area (Å²) in [7, 11) is 1.89. The normalized spacial score (nSPS) is 23.6. The predicted molar refractivity (Wildman–Crippen MR) is 132 cm³/mol. The second-order valence-electron chi connectivity index (χ2n) is 8.71. The number of nitrogens with one attached hydrogen (secondary N) is 2. The molecule has 162 valence electrons. The highest BCUT2D eigenvalue weighted by Gasteiger charge is 2.30. The summed E-state index contributed by atoms with van der Waals surface area (Å²) in [5.74, 6) is 0.974. The first kappa shape index (κ1) is 22.8. The molecule has 6 heteroatoms. The van der Waals surface area contributed by atoms with Gasteiger partial charge in [-0.1, -0.05) is 37.1 Å². The molecule has 29 heavy (non-hydrogen) atoms. The Morgan fingerprint density at radius 3 is 2.69 bits per heavy atom. The van der Waals surface area contributed by atoms with Gasteiger partial charge in [0.05, 0.1) is 0 Å². The maximum Gasteiger partial charge on any atom is 0.191 e. The van der Waals surface area contributed by atoms with Crippen molar-refractivity contribution in [3.8, 4) is 0 Å². The summed E-state index contributed by atoms with van der Waals surface area (Å²) in [6, 6.07) is 10.3. The van der Waals surface area contributed by atoms with Crippen molar-refractivity contribution in [1.29, 1.82) is 0 Å². The number of aliphatic imine (C=N–C) groups is 1. The molecular formula is C23H38IN5. The average Bonchev–Trinajstić information content (AvgIpc) is 3.42. The average molecular weight is 511 g/mol. The summed E-state index contributed by atoms with van der Waals surface area (Å²) in [6.07, 6.45) is 9.23. The maximum atomic E-state index is 4.45. The fraction of sp³-hybridized carbons (Fsp3) is 0.696. The van der Waals surface area contributed by atoms with Crippen molar-refractivity contribution in [1.82, 2.24) is 20.4 Å². The molecule has 2 heterocycles. The van der Waals surface area contributed by atoms with E-state index in [0.717, 1.165) is 38.1 Å². The van der Waals surface area contributed by atoms with Crippen molar-refractivity contribution in [2.45, 2.75) is 63.6 Å². The summed E-state index contributed by atoms with van der Waals surface area (Å²) in [6.45, 7) is 6.84. The molecule has 3 aliphatic rings. The largest absolute Gasteiger partial charge is 0.356 e. The Morgan fingerprint density at radius 1 is 1.10 bits per heavy atom. The van der Waals surface area contributed by atoms with Crippen LogP contribution < -0.4 is 10.6 Å². The zero-order valence-electron chi connectivity index (χ0n) is 17.9. The van der Waals surface area contributed by atoms with Gasteiger partial charge in [-0.05, 0) is 43.2 Å². The summed E-state index contributed by atoms with van der Waals surface area (Å²) >= 11 is 0. The first-order chi connectivity index (χ1) is 13.8. The van der Waals surface area contributed by atoms with Gasteiger partial charge < -0.3 is 10.6 Å². The monoisotopic (exact) mass is 511 g/mol. The van der Waals surface area contributed by atoms with Gasteiger partial charge >= 0.3 is 0 Å². The first-order valence-corrected chi connectivity index (χ1v) is 11.3. The summed E-state index contributed by atoms with van der Waals surface area (Å²) in [5.41, 5.74) is 3.04. The zero-order chi connectivity index (χ0) is 19.2. The van der Waals surface area contributed by atoms with Crippen molar-refractivity contribution in [2.75, 3.05) is 39.8 Å². The van der Waals surface area contributed by atoms with E-state index in [1.807, 2.05) is 7.05 Å². The molecule has 0 aromatic heterocycles. The van der Waals surface area contributed by atoms with Gasteiger partial charge in [-0.25, -0.2) is 0 Å². The number of halogens is 1. The highest BCUT2D eigenvalue weighted by molar-refractivity contribution is 14.0. The molecule has 1 saturated heterocycles. The molecule has 2 N–H and O–H groups in total. The van der Waals surface area contributed by atoms with Crippen molar-refractivity contribution < 1.29 is 0 Å². The molecule has 4 rings (SSSR count). The smallest absolute Gasteiger partial charge is 0.191 e. The molecule has 0 spiro atoms. The lowest BCUT2D eigenvalue weighted by atomic mass is 10.00. The Morgan fingerprint density at radius 2 is 1.90 bits per heavy atom. The Bertz CT molecular complexity index is 658. The Hall–Kier alpha value is -0.860. The number of fused-ring (bicyclic) bond motifs is 1. The van der Waals surface area contributed by atoms with Gasteiger partial charge in [-0.15, -0.1) is 24.0 Å². The van der Waals surface area contributed by atoms with E-state index in [1.165, 1.54) is 69.3 Å². The highest BCUT2D eigenvalue weighted by Crippen LogP contribution is 2.26. The third kappa shape index (κ3) is 6.31. The molecule has 1 saturated carbocycles. The molecular weight excluding hydrogens is 473 g/mol. The maximum absolute atomic E-state index is 4.45. The predicted octanol–water partition coefficient (Wildman–Crippen LogP) is 3.23. The molecule has 2 aliphatic heterocycles. The molecule has 1 unspecified atom stereocenters. The number of benzene rings is 1. The number of hydrogen-bond donors (Lipinski definition) is 2. The molecule has 1 aliphatic carbocycles.